The average molecular weight is 1010 g/mol. The molecule has 0 aromatic rings. The van der Waals surface area contributed by atoms with E-state index in [1.165, 1.54) is 231 Å². The lowest BCUT2D eigenvalue weighted by Crippen LogP contribution is -2.30. The first-order chi connectivity index (χ1) is 35.5. The summed E-state index contributed by atoms with van der Waals surface area (Å²) in [4.78, 5) is 37.8. The van der Waals surface area contributed by atoms with Crippen molar-refractivity contribution in [3.8, 4) is 0 Å². The first-order valence-corrected chi connectivity index (χ1v) is 32.0. The predicted molar refractivity (Wildman–Crippen MR) is 312 cm³/mol. The highest BCUT2D eigenvalue weighted by atomic mass is 16.6. The molecule has 0 spiro atoms. The Bertz CT molecular complexity index is 1210. The van der Waals surface area contributed by atoms with Gasteiger partial charge in [0.05, 0.1) is 0 Å². The molecule has 0 N–H and O–H groups in total. The summed E-state index contributed by atoms with van der Waals surface area (Å²) in [6, 6.07) is 0. The van der Waals surface area contributed by atoms with Crippen molar-refractivity contribution in [2.24, 2.45) is 0 Å². The zero-order chi connectivity index (χ0) is 52.2. The summed E-state index contributed by atoms with van der Waals surface area (Å²) in [5, 5.41) is 0. The van der Waals surface area contributed by atoms with Crippen LogP contribution in [-0.4, -0.2) is 37.2 Å². The SMILES string of the molecule is CCCCCCC/C=C\C/C=C\CCCCCCCCCCCCCCCCCCCCCCCCCC(=O)OCC(COC(=O)CCCCCCC)OC(=O)CCCCCCC/C=C\CCCCCCC. The van der Waals surface area contributed by atoms with Gasteiger partial charge in [-0.1, -0.05) is 288 Å². The maximum absolute atomic E-state index is 12.8. The Morgan fingerprint density at radius 3 is 0.778 bits per heavy atom. The smallest absolute Gasteiger partial charge is 0.306 e. The Labute approximate surface area is 448 Å². The number of carbonyl (C=O) groups excluding carboxylic acids is 3. The molecule has 0 aliphatic carbocycles. The summed E-state index contributed by atoms with van der Waals surface area (Å²) < 4.78 is 16.7. The third-order valence-electron chi connectivity index (χ3n) is 14.4. The summed E-state index contributed by atoms with van der Waals surface area (Å²) in [5.74, 6) is -0.877. The van der Waals surface area contributed by atoms with Crippen molar-refractivity contribution in [3.05, 3.63) is 36.5 Å². The highest BCUT2D eigenvalue weighted by molar-refractivity contribution is 5.71. The van der Waals surface area contributed by atoms with E-state index < -0.39 is 6.10 Å². The number of hydrogen-bond acceptors (Lipinski definition) is 6. The van der Waals surface area contributed by atoms with Crippen LogP contribution >= 0.6 is 0 Å². The second-order valence-electron chi connectivity index (χ2n) is 21.7. The van der Waals surface area contributed by atoms with Crippen molar-refractivity contribution in [1.82, 2.24) is 0 Å². The van der Waals surface area contributed by atoms with Crippen LogP contribution in [0.3, 0.4) is 0 Å². The van der Waals surface area contributed by atoms with E-state index in [0.29, 0.717) is 19.3 Å². The summed E-state index contributed by atoms with van der Waals surface area (Å²) in [6.45, 7) is 6.57. The molecule has 1 atom stereocenters. The monoisotopic (exact) mass is 1010 g/mol. The molecule has 0 aliphatic rings. The van der Waals surface area contributed by atoms with Crippen LogP contribution in [0.5, 0.6) is 0 Å². The van der Waals surface area contributed by atoms with E-state index in [0.717, 1.165) is 77.0 Å². The molecule has 0 fully saturated rings. The number of esters is 3. The second kappa shape index (κ2) is 61.2. The largest absolute Gasteiger partial charge is 0.462 e. The fourth-order valence-electron chi connectivity index (χ4n) is 9.53. The highest BCUT2D eigenvalue weighted by Crippen LogP contribution is 2.17. The minimum absolute atomic E-state index is 0.0712. The molecule has 0 aromatic heterocycles. The van der Waals surface area contributed by atoms with Crippen LogP contribution in [0.25, 0.3) is 0 Å². The molecule has 0 bridgehead atoms. The van der Waals surface area contributed by atoms with Gasteiger partial charge in [0.1, 0.15) is 13.2 Å². The van der Waals surface area contributed by atoms with Gasteiger partial charge in [-0.05, 0) is 77.0 Å². The van der Waals surface area contributed by atoms with Crippen molar-refractivity contribution < 1.29 is 28.6 Å². The van der Waals surface area contributed by atoms with Gasteiger partial charge < -0.3 is 14.2 Å². The Kier molecular flexibility index (Phi) is 59.2. The molecule has 0 heterocycles. The Balaban J connectivity index is 3.84. The lowest BCUT2D eigenvalue weighted by molar-refractivity contribution is -0.167. The van der Waals surface area contributed by atoms with Gasteiger partial charge in [0.25, 0.3) is 0 Å². The number of carbonyl (C=O) groups is 3. The van der Waals surface area contributed by atoms with E-state index in [9.17, 15) is 14.4 Å². The number of ether oxygens (including phenoxy) is 3. The van der Waals surface area contributed by atoms with Crippen molar-refractivity contribution in [1.29, 1.82) is 0 Å². The van der Waals surface area contributed by atoms with E-state index in [2.05, 4.69) is 57.2 Å². The minimum atomic E-state index is -0.769. The van der Waals surface area contributed by atoms with E-state index >= 15 is 0 Å². The van der Waals surface area contributed by atoms with E-state index in [-0.39, 0.29) is 31.1 Å². The van der Waals surface area contributed by atoms with Crippen molar-refractivity contribution in [3.63, 3.8) is 0 Å². The molecule has 6 nitrogen and oxygen atoms in total. The van der Waals surface area contributed by atoms with Gasteiger partial charge in [0.2, 0.25) is 0 Å². The topological polar surface area (TPSA) is 78.9 Å². The summed E-state index contributed by atoms with van der Waals surface area (Å²) >= 11 is 0. The molecular formula is C66H122O6. The summed E-state index contributed by atoms with van der Waals surface area (Å²) in [6.07, 6.45) is 75.1. The fourth-order valence-corrected chi connectivity index (χ4v) is 9.53. The van der Waals surface area contributed by atoms with Gasteiger partial charge in [-0.3, -0.25) is 14.4 Å². The molecule has 0 aliphatic heterocycles. The quantitative estimate of drug-likeness (QED) is 0.0261. The Hall–Kier alpha value is -2.37. The lowest BCUT2D eigenvalue weighted by atomic mass is 10.0. The van der Waals surface area contributed by atoms with Crippen LogP contribution in [0.4, 0.5) is 0 Å². The van der Waals surface area contributed by atoms with Crippen LogP contribution < -0.4 is 0 Å². The molecule has 0 aromatic carbocycles. The van der Waals surface area contributed by atoms with Crippen LogP contribution in [0, 0.1) is 0 Å². The van der Waals surface area contributed by atoms with E-state index in [1.807, 2.05) is 0 Å². The zero-order valence-corrected chi connectivity index (χ0v) is 48.5. The van der Waals surface area contributed by atoms with Crippen molar-refractivity contribution in [2.75, 3.05) is 13.2 Å². The normalized spacial score (nSPS) is 12.2. The number of hydrogen-bond donors (Lipinski definition) is 0. The van der Waals surface area contributed by atoms with Gasteiger partial charge in [0.15, 0.2) is 6.10 Å². The summed E-state index contributed by atoms with van der Waals surface area (Å²) in [7, 11) is 0. The third-order valence-corrected chi connectivity index (χ3v) is 14.4. The summed E-state index contributed by atoms with van der Waals surface area (Å²) in [5.41, 5.74) is 0. The molecule has 0 saturated heterocycles. The van der Waals surface area contributed by atoms with Crippen LogP contribution in [0.15, 0.2) is 36.5 Å². The first-order valence-electron chi connectivity index (χ1n) is 32.0. The molecule has 422 valence electrons. The van der Waals surface area contributed by atoms with Gasteiger partial charge in [-0.25, -0.2) is 0 Å². The molecule has 0 amide bonds. The average Bonchev–Trinajstić information content (AvgIpc) is 3.38. The molecule has 1 unspecified atom stereocenters. The lowest BCUT2D eigenvalue weighted by Gasteiger charge is -2.18. The molecule has 0 saturated carbocycles. The van der Waals surface area contributed by atoms with Gasteiger partial charge in [-0.15, -0.1) is 0 Å². The van der Waals surface area contributed by atoms with Gasteiger partial charge in [0, 0.05) is 19.3 Å². The van der Waals surface area contributed by atoms with Gasteiger partial charge in [-0.2, -0.15) is 0 Å². The molecule has 0 radical (unpaired) electrons. The number of allylic oxidation sites excluding steroid dienone is 6. The van der Waals surface area contributed by atoms with Crippen molar-refractivity contribution >= 4 is 17.9 Å². The van der Waals surface area contributed by atoms with E-state index in [1.54, 1.807) is 0 Å². The fraction of sp³-hybridized carbons (Fsp3) is 0.864. The van der Waals surface area contributed by atoms with Crippen LogP contribution in [0.2, 0.25) is 0 Å². The van der Waals surface area contributed by atoms with E-state index in [4.69, 9.17) is 14.2 Å². The maximum atomic E-state index is 12.8. The zero-order valence-electron chi connectivity index (χ0n) is 48.5. The Morgan fingerprint density at radius 1 is 0.278 bits per heavy atom. The highest BCUT2D eigenvalue weighted by Gasteiger charge is 2.19. The minimum Gasteiger partial charge on any atom is -0.462 e. The maximum Gasteiger partial charge on any atom is 0.306 e. The standard InChI is InChI=1S/C66H122O6/c1-4-7-10-13-15-17-19-21-23-24-25-26-27-28-29-30-31-32-33-34-35-36-37-38-39-40-41-42-43-45-46-48-50-53-56-59-65(68)71-62-63(61-70-64(67)58-55-52-12-9-6-3)72-66(69)60-57-54-51-49-47-44-22-20-18-16-14-11-8-5-2/h19-22,24-25,63H,4-18,23,26-62H2,1-3H3/b21-19-,22-20-,25-24-. The molecule has 6 heteroatoms. The van der Waals surface area contributed by atoms with Gasteiger partial charge >= 0.3 is 17.9 Å². The molecule has 0 rings (SSSR count). The second-order valence-corrected chi connectivity index (χ2v) is 21.7. The first kappa shape index (κ1) is 69.6. The third kappa shape index (κ3) is 58.5. The molecule has 72 heavy (non-hydrogen) atoms. The van der Waals surface area contributed by atoms with Crippen LogP contribution in [-0.2, 0) is 28.6 Å². The Morgan fingerprint density at radius 2 is 0.500 bits per heavy atom. The number of rotatable bonds is 59. The predicted octanol–water partition coefficient (Wildman–Crippen LogP) is 21.6. The molecular weight excluding hydrogens is 889 g/mol. The van der Waals surface area contributed by atoms with Crippen molar-refractivity contribution in [2.45, 2.75) is 354 Å². The van der Waals surface area contributed by atoms with Crippen LogP contribution in [0.1, 0.15) is 348 Å². The number of unbranched alkanes of at least 4 members (excludes halogenated alkanes) is 42.